The van der Waals surface area contributed by atoms with Gasteiger partial charge in [0.2, 0.25) is 0 Å². The first kappa shape index (κ1) is 21.0. The van der Waals surface area contributed by atoms with Gasteiger partial charge in [0, 0.05) is 28.7 Å². The quantitative estimate of drug-likeness (QED) is 0.351. The van der Waals surface area contributed by atoms with E-state index in [9.17, 15) is 14.7 Å². The lowest BCUT2D eigenvalue weighted by molar-refractivity contribution is -0.132. The highest BCUT2D eigenvalue weighted by Gasteiger charge is 2.47. The molecule has 1 saturated heterocycles. The fourth-order valence-corrected chi connectivity index (χ4v) is 4.31. The first-order valence-corrected chi connectivity index (χ1v) is 10.7. The number of hydrogen-bond acceptors (Lipinski definition) is 6. The van der Waals surface area contributed by atoms with Crippen molar-refractivity contribution in [2.75, 3.05) is 18.1 Å². The molecule has 1 aromatic heterocycles. The number of rotatable bonds is 3. The van der Waals surface area contributed by atoms with Crippen molar-refractivity contribution in [3.8, 4) is 11.5 Å². The fraction of sp³-hybridized carbons (Fsp3) is 0.160. The van der Waals surface area contributed by atoms with Crippen molar-refractivity contribution < 1.29 is 24.2 Å². The van der Waals surface area contributed by atoms with Gasteiger partial charge in [-0.25, -0.2) is 0 Å². The first-order valence-electron chi connectivity index (χ1n) is 10.3. The molecule has 1 fully saturated rings. The fourth-order valence-electron chi connectivity index (χ4n) is 4.15. The molecule has 3 heterocycles. The Balaban J connectivity index is 1.71. The van der Waals surface area contributed by atoms with Gasteiger partial charge in [0.25, 0.3) is 11.7 Å². The molecule has 2 aromatic carbocycles. The third kappa shape index (κ3) is 3.50. The maximum absolute atomic E-state index is 13.3. The summed E-state index contributed by atoms with van der Waals surface area (Å²) in [4.78, 5) is 31.9. The number of pyridine rings is 1. The van der Waals surface area contributed by atoms with E-state index in [1.165, 1.54) is 4.90 Å². The van der Waals surface area contributed by atoms with E-state index in [-0.39, 0.29) is 11.3 Å². The number of ketones is 1. The highest BCUT2D eigenvalue weighted by molar-refractivity contribution is 6.52. The minimum absolute atomic E-state index is 0.0257. The maximum Gasteiger partial charge on any atom is 0.300 e. The Bertz CT molecular complexity index is 1310. The third-order valence-corrected chi connectivity index (χ3v) is 6.19. The van der Waals surface area contributed by atoms with Gasteiger partial charge in [-0.05, 0) is 60.5 Å². The number of aromatic nitrogens is 1. The summed E-state index contributed by atoms with van der Waals surface area (Å²) < 4.78 is 11.2. The number of aliphatic hydroxyl groups excluding tert-OH is 1. The summed E-state index contributed by atoms with van der Waals surface area (Å²) in [6, 6.07) is 12.6. The van der Waals surface area contributed by atoms with Gasteiger partial charge < -0.3 is 14.6 Å². The van der Waals surface area contributed by atoms with Crippen molar-refractivity contribution in [3.63, 3.8) is 0 Å². The van der Waals surface area contributed by atoms with Crippen molar-refractivity contribution in [1.82, 2.24) is 4.98 Å². The number of aliphatic hydroxyl groups is 1. The van der Waals surface area contributed by atoms with Crippen molar-refractivity contribution in [2.45, 2.75) is 13.0 Å². The number of carbonyl (C=O) groups is 2. The summed E-state index contributed by atoms with van der Waals surface area (Å²) in [6.07, 6.45) is 3.15. The van der Waals surface area contributed by atoms with Crippen LogP contribution in [0.1, 0.15) is 22.7 Å². The zero-order valence-electron chi connectivity index (χ0n) is 17.6. The van der Waals surface area contributed by atoms with E-state index in [1.54, 1.807) is 67.8 Å². The second-order valence-electron chi connectivity index (χ2n) is 7.69. The number of ether oxygens (including phenoxy) is 2. The average Bonchev–Trinajstić information content (AvgIpc) is 3.11. The molecular formula is C25H19ClN2O5. The molecule has 1 N–H and O–H groups in total. The van der Waals surface area contributed by atoms with E-state index in [2.05, 4.69) is 4.98 Å². The zero-order valence-corrected chi connectivity index (χ0v) is 18.4. The molecule has 0 spiro atoms. The highest BCUT2D eigenvalue weighted by atomic mass is 35.5. The number of carbonyl (C=O) groups excluding carboxylic acids is 2. The van der Waals surface area contributed by atoms with Crippen molar-refractivity contribution >= 4 is 34.7 Å². The minimum atomic E-state index is -0.863. The topological polar surface area (TPSA) is 89.0 Å². The predicted molar refractivity (Wildman–Crippen MR) is 123 cm³/mol. The van der Waals surface area contributed by atoms with Gasteiger partial charge in [0.1, 0.15) is 19.0 Å². The van der Waals surface area contributed by atoms with E-state index >= 15 is 0 Å². The highest BCUT2D eigenvalue weighted by Crippen LogP contribution is 2.44. The molecule has 8 heteroatoms. The van der Waals surface area contributed by atoms with Crippen LogP contribution in [0.15, 0.2) is 66.5 Å². The lowest BCUT2D eigenvalue weighted by Crippen LogP contribution is -2.30. The van der Waals surface area contributed by atoms with Gasteiger partial charge >= 0.3 is 0 Å². The number of benzene rings is 2. The number of anilines is 1. The molecule has 0 radical (unpaired) electrons. The third-order valence-electron chi connectivity index (χ3n) is 5.78. The van der Waals surface area contributed by atoms with Gasteiger partial charge in [0.05, 0.1) is 11.6 Å². The van der Waals surface area contributed by atoms with Gasteiger partial charge in [-0.3, -0.25) is 19.5 Å². The van der Waals surface area contributed by atoms with Crippen LogP contribution in [0.4, 0.5) is 5.69 Å². The van der Waals surface area contributed by atoms with Crippen molar-refractivity contribution in [3.05, 3.63) is 88.2 Å². The van der Waals surface area contributed by atoms with E-state index in [0.29, 0.717) is 52.1 Å². The maximum atomic E-state index is 13.3. The normalized spacial score (nSPS) is 19.1. The van der Waals surface area contributed by atoms with Crippen LogP contribution in [-0.2, 0) is 9.59 Å². The van der Waals surface area contributed by atoms with E-state index < -0.39 is 17.7 Å². The van der Waals surface area contributed by atoms with Crippen LogP contribution in [0.3, 0.4) is 0 Å². The molecule has 3 aromatic rings. The molecule has 5 rings (SSSR count). The summed E-state index contributed by atoms with van der Waals surface area (Å²) >= 11 is 6.31. The van der Waals surface area contributed by atoms with Crippen LogP contribution in [0.25, 0.3) is 5.76 Å². The van der Waals surface area contributed by atoms with Crippen LogP contribution in [0.2, 0.25) is 5.02 Å². The smallest absolute Gasteiger partial charge is 0.300 e. The number of Topliss-reactive ketones (excluding diaryl/α,β-unsaturated/α-hetero) is 1. The molecule has 7 nitrogen and oxygen atoms in total. The van der Waals surface area contributed by atoms with Gasteiger partial charge in [0.15, 0.2) is 11.5 Å². The predicted octanol–water partition coefficient (Wildman–Crippen LogP) is 4.44. The number of halogens is 1. The molecule has 33 heavy (non-hydrogen) atoms. The molecule has 2 aliphatic rings. The molecule has 1 amide bonds. The number of hydrogen-bond donors (Lipinski definition) is 1. The SMILES string of the molecule is Cc1c(Cl)cccc1N1C(=O)C(=O)/C(=C(\O)c2ccc3c(c2)OCCO3)C1c1ccncc1. The Morgan fingerprint density at radius 1 is 1.06 bits per heavy atom. The molecule has 166 valence electrons. The van der Waals surface area contributed by atoms with Crippen LogP contribution >= 0.6 is 11.6 Å². The Labute approximate surface area is 194 Å². The molecule has 0 aliphatic carbocycles. The Kier molecular flexibility index (Phi) is 5.26. The Hall–Kier alpha value is -3.84. The van der Waals surface area contributed by atoms with Crippen LogP contribution in [-0.4, -0.2) is 35.0 Å². The van der Waals surface area contributed by atoms with Gasteiger partial charge in [-0.15, -0.1) is 0 Å². The molecular weight excluding hydrogens is 444 g/mol. The monoisotopic (exact) mass is 462 g/mol. The molecule has 1 unspecified atom stereocenters. The largest absolute Gasteiger partial charge is 0.507 e. The zero-order chi connectivity index (χ0) is 23.1. The van der Waals surface area contributed by atoms with Crippen LogP contribution < -0.4 is 14.4 Å². The van der Waals surface area contributed by atoms with Crippen LogP contribution in [0.5, 0.6) is 11.5 Å². The number of amides is 1. The summed E-state index contributed by atoms with van der Waals surface area (Å²) in [5.74, 6) is -0.816. The first-order chi connectivity index (χ1) is 16.0. The Morgan fingerprint density at radius 3 is 2.55 bits per heavy atom. The minimum Gasteiger partial charge on any atom is -0.507 e. The van der Waals surface area contributed by atoms with E-state index in [4.69, 9.17) is 21.1 Å². The van der Waals surface area contributed by atoms with Crippen LogP contribution in [0, 0.1) is 6.92 Å². The van der Waals surface area contributed by atoms with Crippen molar-refractivity contribution in [1.29, 1.82) is 0 Å². The average molecular weight is 463 g/mol. The summed E-state index contributed by atoms with van der Waals surface area (Å²) in [5, 5.41) is 11.7. The van der Waals surface area contributed by atoms with E-state index in [0.717, 1.165) is 0 Å². The lowest BCUT2D eigenvalue weighted by atomic mass is 9.95. The molecule has 0 bridgehead atoms. The van der Waals surface area contributed by atoms with E-state index in [1.807, 2.05) is 0 Å². The van der Waals surface area contributed by atoms with Gasteiger partial charge in [-0.2, -0.15) is 0 Å². The number of nitrogens with zero attached hydrogens (tertiary/aromatic N) is 2. The molecule has 1 atom stereocenters. The summed E-state index contributed by atoms with van der Waals surface area (Å²) in [5.41, 5.74) is 2.09. The summed E-state index contributed by atoms with van der Waals surface area (Å²) in [6.45, 7) is 2.60. The number of fused-ring (bicyclic) bond motifs is 1. The second kappa shape index (κ2) is 8.26. The molecule has 0 saturated carbocycles. The Morgan fingerprint density at radius 2 is 1.79 bits per heavy atom. The van der Waals surface area contributed by atoms with Gasteiger partial charge in [-0.1, -0.05) is 17.7 Å². The molecule has 2 aliphatic heterocycles. The van der Waals surface area contributed by atoms with Crippen molar-refractivity contribution in [2.24, 2.45) is 0 Å². The lowest BCUT2D eigenvalue weighted by Gasteiger charge is -2.27. The summed E-state index contributed by atoms with van der Waals surface area (Å²) in [7, 11) is 0. The second-order valence-corrected chi connectivity index (χ2v) is 8.10. The standard InChI is InChI=1S/C25H19ClN2O5/c1-14-17(26)3-2-4-18(14)28-22(15-7-9-27-10-8-15)21(24(30)25(28)31)23(29)16-5-6-19-20(13-16)33-12-11-32-19/h2-10,13,22,29H,11-12H2,1H3/b23-21-.